The van der Waals surface area contributed by atoms with Crippen LogP contribution in [-0.2, 0) is 0 Å². The van der Waals surface area contributed by atoms with Gasteiger partial charge in [-0.25, -0.2) is 0 Å². The number of allylic oxidation sites excluding steroid dienone is 1. The monoisotopic (exact) mass is 540 g/mol. The van der Waals surface area contributed by atoms with Gasteiger partial charge >= 0.3 is 0 Å². The number of nitrogens with one attached hydrogen (secondary N) is 4. The molecule has 4 aliphatic heterocycles. The lowest BCUT2D eigenvalue weighted by Crippen LogP contribution is -2.61. The minimum Gasteiger partial charge on any atom is -0.295 e. The van der Waals surface area contributed by atoms with E-state index in [0.29, 0.717) is 41.6 Å². The van der Waals surface area contributed by atoms with E-state index < -0.39 is 0 Å². The van der Waals surface area contributed by atoms with Gasteiger partial charge in [0.25, 0.3) is 0 Å². The van der Waals surface area contributed by atoms with Crippen LogP contribution in [0.25, 0.3) is 0 Å². The van der Waals surface area contributed by atoms with Crippen molar-refractivity contribution in [1.29, 1.82) is 0 Å². The second-order valence-electron chi connectivity index (χ2n) is 14.0. The van der Waals surface area contributed by atoms with Crippen LogP contribution in [0.5, 0.6) is 0 Å². The van der Waals surface area contributed by atoms with E-state index in [4.69, 9.17) is 4.98 Å². The first-order chi connectivity index (χ1) is 18.2. The van der Waals surface area contributed by atoms with Gasteiger partial charge in [-0.05, 0) is 88.7 Å². The molecule has 7 heteroatoms. The summed E-state index contributed by atoms with van der Waals surface area (Å²) < 4.78 is 3.84. The molecule has 1 aromatic heterocycles. The quantitative estimate of drug-likeness (QED) is 0.289. The molecular formula is C31H52N6S. The third-order valence-corrected chi connectivity index (χ3v) is 10.1. The zero-order valence-electron chi connectivity index (χ0n) is 24.4. The normalized spacial score (nSPS) is 38.8. The van der Waals surface area contributed by atoms with E-state index in [9.17, 15) is 0 Å². The third-order valence-electron chi connectivity index (χ3n) is 9.09. The zero-order chi connectivity index (χ0) is 26.8. The lowest BCUT2D eigenvalue weighted by Gasteiger charge is -2.47. The number of pyridine rings is 1. The van der Waals surface area contributed by atoms with Crippen LogP contribution in [0.2, 0.25) is 0 Å². The van der Waals surface area contributed by atoms with E-state index in [0.717, 1.165) is 13.0 Å². The summed E-state index contributed by atoms with van der Waals surface area (Å²) in [6.45, 7) is 14.1. The number of hydrogen-bond donors (Lipinski definition) is 4. The molecule has 0 spiro atoms. The van der Waals surface area contributed by atoms with Crippen LogP contribution < -0.4 is 20.7 Å². The van der Waals surface area contributed by atoms with Crippen molar-refractivity contribution in [3.63, 3.8) is 0 Å². The maximum atomic E-state index is 4.78. The van der Waals surface area contributed by atoms with E-state index >= 15 is 0 Å². The summed E-state index contributed by atoms with van der Waals surface area (Å²) in [6.07, 6.45) is 17.3. The first-order valence-electron chi connectivity index (χ1n) is 15.2. The van der Waals surface area contributed by atoms with Crippen LogP contribution in [0.4, 0.5) is 0 Å². The van der Waals surface area contributed by atoms with Crippen LogP contribution in [0, 0.1) is 17.3 Å². The lowest BCUT2D eigenvalue weighted by atomic mass is 9.87. The van der Waals surface area contributed by atoms with Gasteiger partial charge in [0, 0.05) is 36.8 Å². The topological polar surface area (TPSA) is 64.2 Å². The Morgan fingerprint density at radius 3 is 2.68 bits per heavy atom. The predicted molar refractivity (Wildman–Crippen MR) is 160 cm³/mol. The third kappa shape index (κ3) is 7.41. The maximum absolute atomic E-state index is 4.78. The Hall–Kier alpha value is -0.960. The molecule has 8 atom stereocenters. The Balaban J connectivity index is 1.37. The highest BCUT2D eigenvalue weighted by molar-refractivity contribution is 7.98. The Labute approximate surface area is 236 Å². The van der Waals surface area contributed by atoms with E-state index in [1.807, 2.05) is 24.2 Å². The SMILES string of the molecule is CC(C)(C)/C=C/C1CCC2CNSC3CCCC(N3)N[C@@H](c3ccccn3)CC[C@@H]3CN(C2N1)C(C)(C)C3. The zero-order valence-corrected chi connectivity index (χ0v) is 25.2. The average Bonchev–Trinajstić information content (AvgIpc) is 3.19. The lowest BCUT2D eigenvalue weighted by molar-refractivity contribution is 0.0290. The molecule has 6 nitrogen and oxygen atoms in total. The van der Waals surface area contributed by atoms with Crippen molar-refractivity contribution in [1.82, 2.24) is 30.6 Å². The van der Waals surface area contributed by atoms with Crippen molar-refractivity contribution in [2.75, 3.05) is 13.1 Å². The smallest absolute Gasteiger partial charge is 0.0690 e. The molecule has 5 heterocycles. The number of piperidine rings is 2. The number of nitrogens with zero attached hydrogens (tertiary/aromatic N) is 2. The van der Waals surface area contributed by atoms with Crippen LogP contribution >= 0.6 is 11.9 Å². The molecule has 0 amide bonds. The Bertz CT molecular complexity index is 915. The number of hydrogen-bond acceptors (Lipinski definition) is 7. The minimum absolute atomic E-state index is 0.201. The summed E-state index contributed by atoms with van der Waals surface area (Å²) >= 11 is 1.92. The van der Waals surface area contributed by atoms with Gasteiger partial charge in [0.1, 0.15) is 0 Å². The summed E-state index contributed by atoms with van der Waals surface area (Å²) in [7, 11) is 0. The fraction of sp³-hybridized carbons (Fsp3) is 0.774. The fourth-order valence-electron chi connectivity index (χ4n) is 7.12. The first-order valence-corrected chi connectivity index (χ1v) is 16.1. The van der Waals surface area contributed by atoms with Gasteiger partial charge in [0.05, 0.1) is 29.4 Å². The summed E-state index contributed by atoms with van der Waals surface area (Å²) in [5.41, 5.74) is 1.61. The van der Waals surface area contributed by atoms with Gasteiger partial charge in [0.15, 0.2) is 0 Å². The number of rotatable bonds is 2. The van der Waals surface area contributed by atoms with Crippen LogP contribution in [0.3, 0.4) is 0 Å². The largest absolute Gasteiger partial charge is 0.295 e. The molecule has 4 N–H and O–H groups in total. The van der Waals surface area contributed by atoms with Gasteiger partial charge in [-0.1, -0.05) is 50.9 Å². The van der Waals surface area contributed by atoms with Gasteiger partial charge in [-0.2, -0.15) is 0 Å². The van der Waals surface area contributed by atoms with Crippen molar-refractivity contribution < 1.29 is 0 Å². The highest BCUT2D eigenvalue weighted by atomic mass is 32.2. The van der Waals surface area contributed by atoms with Crippen molar-refractivity contribution in [3.05, 3.63) is 42.2 Å². The Kier molecular flexibility index (Phi) is 9.23. The predicted octanol–water partition coefficient (Wildman–Crippen LogP) is 5.57. The second kappa shape index (κ2) is 12.3. The molecule has 4 bridgehead atoms. The molecule has 6 unspecified atom stereocenters. The molecule has 38 heavy (non-hydrogen) atoms. The van der Waals surface area contributed by atoms with Crippen LogP contribution in [0.15, 0.2) is 36.5 Å². The standard InChI is InChI=1S/C31H52N6S/c1-30(2,3)17-16-24-14-13-23-20-33-38-28-11-8-10-27(36-28)35-26(25-9-6-7-18-32-25)15-12-22-19-31(4,5)37(21-22)29(23)34-24/h6-7,9,16-18,22-24,26-29,33-36H,8,10-15,19-21H2,1-5H3/b17-16+/t22-,23?,24?,26+,27?,28?,29?/m0/s1. The van der Waals surface area contributed by atoms with Gasteiger partial charge in [-0.3, -0.25) is 30.6 Å². The summed E-state index contributed by atoms with van der Waals surface area (Å²) in [6, 6.07) is 7.12. The van der Waals surface area contributed by atoms with Crippen molar-refractivity contribution >= 4 is 11.9 Å². The molecule has 0 radical (unpaired) electrons. The molecule has 212 valence electrons. The summed E-state index contributed by atoms with van der Waals surface area (Å²) in [4.78, 5) is 7.62. The van der Waals surface area contributed by atoms with E-state index in [1.54, 1.807) is 0 Å². The van der Waals surface area contributed by atoms with Crippen LogP contribution in [0.1, 0.15) is 97.7 Å². The number of aromatic nitrogens is 1. The van der Waals surface area contributed by atoms with Crippen molar-refractivity contribution in [2.24, 2.45) is 17.3 Å². The molecule has 0 saturated carbocycles. The van der Waals surface area contributed by atoms with Gasteiger partial charge < -0.3 is 0 Å². The minimum atomic E-state index is 0.201. The van der Waals surface area contributed by atoms with Crippen molar-refractivity contribution in [3.8, 4) is 0 Å². The maximum Gasteiger partial charge on any atom is 0.0690 e. The summed E-state index contributed by atoms with van der Waals surface area (Å²) in [5, 5.41) is 12.5. The molecule has 0 aromatic carbocycles. The Morgan fingerprint density at radius 2 is 1.89 bits per heavy atom. The Morgan fingerprint density at radius 1 is 1.03 bits per heavy atom. The van der Waals surface area contributed by atoms with Crippen LogP contribution in [-0.4, -0.2) is 52.3 Å². The highest BCUT2D eigenvalue weighted by Crippen LogP contribution is 2.40. The molecular weight excluding hydrogens is 488 g/mol. The molecule has 0 aliphatic carbocycles. The molecule has 4 aliphatic rings. The van der Waals surface area contributed by atoms with E-state index in [2.05, 4.69) is 84.5 Å². The molecule has 1 aromatic rings. The highest BCUT2D eigenvalue weighted by Gasteiger charge is 2.45. The van der Waals surface area contributed by atoms with E-state index in [1.165, 1.54) is 57.2 Å². The van der Waals surface area contributed by atoms with Gasteiger partial charge in [-0.15, -0.1) is 0 Å². The number of fused-ring (bicyclic) bond motifs is 6. The van der Waals surface area contributed by atoms with Gasteiger partial charge in [0.2, 0.25) is 0 Å². The van der Waals surface area contributed by atoms with Crippen molar-refractivity contribution in [2.45, 2.75) is 121 Å². The molecule has 4 saturated heterocycles. The second-order valence-corrected chi connectivity index (χ2v) is 15.1. The first kappa shape index (κ1) is 28.6. The fourth-order valence-corrected chi connectivity index (χ4v) is 8.15. The van der Waals surface area contributed by atoms with E-state index in [-0.39, 0.29) is 11.0 Å². The molecule has 4 fully saturated rings. The summed E-state index contributed by atoms with van der Waals surface area (Å²) in [5.74, 6) is 1.33. The molecule has 5 rings (SSSR count). The average molecular weight is 541 g/mol.